The summed E-state index contributed by atoms with van der Waals surface area (Å²) in [4.78, 5) is 26.3. The molecule has 1 heterocycles. The number of nitrogens with zero attached hydrogens (tertiary/aromatic N) is 1. The Kier molecular flexibility index (Phi) is 3.77. The molecular weight excluding hydrogens is 334 g/mol. The molecule has 3 aromatic rings. The first-order valence-electron chi connectivity index (χ1n) is 8.20. The third-order valence-corrected chi connectivity index (χ3v) is 4.76. The van der Waals surface area contributed by atoms with Gasteiger partial charge in [-0.05, 0) is 12.1 Å². The first-order valence-corrected chi connectivity index (χ1v) is 8.20. The highest BCUT2D eigenvalue weighted by Crippen LogP contribution is 2.42. The Morgan fingerprint density at radius 2 is 1.73 bits per heavy atom. The number of benzene rings is 2. The second-order valence-electron chi connectivity index (χ2n) is 6.00. The molecule has 0 saturated carbocycles. The zero-order valence-corrected chi connectivity index (χ0v) is 14.4. The quantitative estimate of drug-likeness (QED) is 0.610. The molecular formula is C20H17NO5. The standard InChI is InChI=1S/C20H17NO5/c1-25-14-8-7-13-15-17(11-5-3-4-6-12(11)18(15)23)21(9-10-22)20(24)16(13)19(14)26-2/h3-8,22H,9-10H2,1-2H3. The number of fused-ring (bicyclic) bond motifs is 5. The second-order valence-corrected chi connectivity index (χ2v) is 6.00. The number of carbonyl (C=O) groups is 1. The number of aliphatic hydroxyl groups excluding tert-OH is 1. The third-order valence-electron chi connectivity index (χ3n) is 4.76. The van der Waals surface area contributed by atoms with Crippen molar-refractivity contribution in [1.82, 2.24) is 4.57 Å². The highest BCUT2D eigenvalue weighted by molar-refractivity contribution is 6.27. The van der Waals surface area contributed by atoms with Gasteiger partial charge in [-0.2, -0.15) is 0 Å². The van der Waals surface area contributed by atoms with Crippen LogP contribution in [0.15, 0.2) is 41.2 Å². The van der Waals surface area contributed by atoms with Crippen LogP contribution in [0.3, 0.4) is 0 Å². The van der Waals surface area contributed by atoms with E-state index in [4.69, 9.17) is 9.47 Å². The number of hydrogen-bond acceptors (Lipinski definition) is 5. The van der Waals surface area contributed by atoms with E-state index in [2.05, 4.69) is 0 Å². The maximum absolute atomic E-state index is 13.2. The van der Waals surface area contributed by atoms with E-state index in [-0.39, 0.29) is 35.6 Å². The predicted octanol–water partition coefficient (Wildman–Crippen LogP) is 2.22. The summed E-state index contributed by atoms with van der Waals surface area (Å²) < 4.78 is 12.2. The van der Waals surface area contributed by atoms with E-state index in [9.17, 15) is 14.7 Å². The number of pyridine rings is 1. The number of ether oxygens (including phenoxy) is 2. The number of ketones is 1. The van der Waals surface area contributed by atoms with Crippen molar-refractivity contribution in [2.75, 3.05) is 20.8 Å². The van der Waals surface area contributed by atoms with Crippen molar-refractivity contribution in [2.24, 2.45) is 0 Å². The molecule has 6 heteroatoms. The summed E-state index contributed by atoms with van der Waals surface area (Å²) in [5.74, 6) is 0.559. The maximum atomic E-state index is 13.2. The molecule has 0 aliphatic heterocycles. The van der Waals surface area contributed by atoms with Crippen LogP contribution in [-0.2, 0) is 6.54 Å². The van der Waals surface area contributed by atoms with Crippen LogP contribution in [0.2, 0.25) is 0 Å². The van der Waals surface area contributed by atoms with Crippen LogP contribution in [0.1, 0.15) is 15.9 Å². The zero-order valence-electron chi connectivity index (χ0n) is 14.4. The van der Waals surface area contributed by atoms with Crippen LogP contribution >= 0.6 is 0 Å². The Morgan fingerprint density at radius 1 is 1.00 bits per heavy atom. The van der Waals surface area contributed by atoms with Gasteiger partial charge in [-0.1, -0.05) is 24.3 Å². The summed E-state index contributed by atoms with van der Waals surface area (Å²) in [7, 11) is 2.95. The third kappa shape index (κ3) is 2.02. The first kappa shape index (κ1) is 16.4. The SMILES string of the molecule is COc1ccc2c3c(n(CCO)c(=O)c2c1OC)-c1ccccc1C3=O. The Balaban J connectivity index is 2.24. The zero-order chi connectivity index (χ0) is 18.4. The number of hydrogen-bond donors (Lipinski definition) is 1. The molecule has 0 bridgehead atoms. The maximum Gasteiger partial charge on any atom is 0.262 e. The lowest BCUT2D eigenvalue weighted by Crippen LogP contribution is -2.25. The lowest BCUT2D eigenvalue weighted by atomic mass is 10.0. The molecule has 0 unspecified atom stereocenters. The van der Waals surface area contributed by atoms with Crippen molar-refractivity contribution < 1.29 is 19.4 Å². The Morgan fingerprint density at radius 3 is 2.38 bits per heavy atom. The van der Waals surface area contributed by atoms with Gasteiger partial charge < -0.3 is 19.1 Å². The predicted molar refractivity (Wildman–Crippen MR) is 97.3 cm³/mol. The lowest BCUT2D eigenvalue weighted by Gasteiger charge is -2.17. The fraction of sp³-hybridized carbons (Fsp3) is 0.200. The topological polar surface area (TPSA) is 77.8 Å². The number of aromatic nitrogens is 1. The van der Waals surface area contributed by atoms with Crippen molar-refractivity contribution in [1.29, 1.82) is 0 Å². The summed E-state index contributed by atoms with van der Waals surface area (Å²) in [6.07, 6.45) is 0. The largest absolute Gasteiger partial charge is 0.493 e. The molecule has 1 aliphatic carbocycles. The first-order chi connectivity index (χ1) is 12.6. The summed E-state index contributed by atoms with van der Waals surface area (Å²) >= 11 is 0. The fourth-order valence-electron chi connectivity index (χ4n) is 3.69. The van der Waals surface area contributed by atoms with Crippen LogP contribution in [-0.4, -0.2) is 36.3 Å². The van der Waals surface area contributed by atoms with E-state index in [0.717, 1.165) is 0 Å². The molecule has 0 saturated heterocycles. The summed E-state index contributed by atoms with van der Waals surface area (Å²) in [6.45, 7) is -0.139. The molecule has 2 aromatic carbocycles. The molecule has 0 spiro atoms. The molecule has 0 fully saturated rings. The number of aliphatic hydroxyl groups is 1. The monoisotopic (exact) mass is 351 g/mol. The molecule has 1 aliphatic rings. The van der Waals surface area contributed by atoms with Gasteiger partial charge in [0.25, 0.3) is 5.56 Å². The van der Waals surface area contributed by atoms with Gasteiger partial charge in [-0.3, -0.25) is 9.59 Å². The van der Waals surface area contributed by atoms with Gasteiger partial charge in [-0.25, -0.2) is 0 Å². The van der Waals surface area contributed by atoms with E-state index < -0.39 is 0 Å². The average Bonchev–Trinajstić information content (AvgIpc) is 2.97. The van der Waals surface area contributed by atoms with E-state index in [1.807, 2.05) is 12.1 Å². The minimum atomic E-state index is -0.326. The van der Waals surface area contributed by atoms with E-state index >= 15 is 0 Å². The highest BCUT2D eigenvalue weighted by Gasteiger charge is 2.33. The average molecular weight is 351 g/mol. The fourth-order valence-corrected chi connectivity index (χ4v) is 3.69. The molecule has 0 amide bonds. The number of rotatable bonds is 4. The van der Waals surface area contributed by atoms with Crippen LogP contribution in [0.5, 0.6) is 11.5 Å². The molecule has 132 valence electrons. The summed E-state index contributed by atoms with van der Waals surface area (Å²) in [5.41, 5.74) is 1.93. The van der Waals surface area contributed by atoms with Gasteiger partial charge in [0, 0.05) is 23.1 Å². The van der Waals surface area contributed by atoms with Gasteiger partial charge in [0.2, 0.25) is 0 Å². The van der Waals surface area contributed by atoms with Gasteiger partial charge in [-0.15, -0.1) is 0 Å². The minimum absolute atomic E-state index is 0.0824. The van der Waals surface area contributed by atoms with Crippen molar-refractivity contribution in [3.8, 4) is 22.8 Å². The number of carbonyl (C=O) groups excluding carboxylic acids is 1. The van der Waals surface area contributed by atoms with Crippen molar-refractivity contribution in [3.05, 3.63) is 57.9 Å². The lowest BCUT2D eigenvalue weighted by molar-refractivity contribution is 0.104. The molecule has 0 atom stereocenters. The van der Waals surface area contributed by atoms with Crippen molar-refractivity contribution >= 4 is 16.6 Å². The second kappa shape index (κ2) is 6.00. The van der Waals surface area contributed by atoms with Crippen LogP contribution in [0.4, 0.5) is 0 Å². The molecule has 4 rings (SSSR count). The Bertz CT molecular complexity index is 1110. The summed E-state index contributed by atoms with van der Waals surface area (Å²) in [6, 6.07) is 10.6. The van der Waals surface area contributed by atoms with E-state index in [1.165, 1.54) is 18.8 Å². The van der Waals surface area contributed by atoms with Crippen LogP contribution < -0.4 is 15.0 Å². The van der Waals surface area contributed by atoms with Gasteiger partial charge in [0.15, 0.2) is 17.3 Å². The normalized spacial score (nSPS) is 12.2. The summed E-state index contributed by atoms with van der Waals surface area (Å²) in [5, 5.41) is 10.3. The van der Waals surface area contributed by atoms with Crippen molar-refractivity contribution in [3.63, 3.8) is 0 Å². The van der Waals surface area contributed by atoms with Gasteiger partial charge >= 0.3 is 0 Å². The number of methoxy groups -OCH3 is 2. The molecule has 1 aromatic heterocycles. The Labute approximate surface area is 149 Å². The van der Waals surface area contributed by atoms with Crippen molar-refractivity contribution in [2.45, 2.75) is 6.54 Å². The van der Waals surface area contributed by atoms with Crippen LogP contribution in [0.25, 0.3) is 22.0 Å². The molecule has 26 heavy (non-hydrogen) atoms. The van der Waals surface area contributed by atoms with E-state index in [0.29, 0.717) is 33.5 Å². The molecule has 1 N–H and O–H groups in total. The van der Waals surface area contributed by atoms with Gasteiger partial charge in [0.05, 0.1) is 37.5 Å². The highest BCUT2D eigenvalue weighted by atomic mass is 16.5. The Hall–Kier alpha value is -3.12. The smallest absolute Gasteiger partial charge is 0.262 e. The van der Waals surface area contributed by atoms with Gasteiger partial charge in [0.1, 0.15) is 0 Å². The molecule has 0 radical (unpaired) electrons. The van der Waals surface area contributed by atoms with Crippen LogP contribution in [0, 0.1) is 0 Å². The minimum Gasteiger partial charge on any atom is -0.493 e. The van der Waals surface area contributed by atoms with E-state index in [1.54, 1.807) is 24.3 Å². The molecule has 6 nitrogen and oxygen atoms in total.